The second kappa shape index (κ2) is 5.41. The third-order valence-corrected chi connectivity index (χ3v) is 3.19. The smallest absolute Gasteiger partial charge is 0.124 e. The summed E-state index contributed by atoms with van der Waals surface area (Å²) in [7, 11) is 0. The lowest BCUT2D eigenvalue weighted by atomic mass is 10.0. The standard InChI is InChI=1S/C16H25NO2/c1-6-18-14-8-12-7-11(2)19-15(12)9-13(14)10-17-16(3,4)5/h8-9,11,17H,6-7,10H2,1-5H3. The third-order valence-electron chi connectivity index (χ3n) is 3.19. The van der Waals surface area contributed by atoms with Crippen molar-refractivity contribution in [2.75, 3.05) is 6.61 Å². The van der Waals surface area contributed by atoms with Gasteiger partial charge in [0.05, 0.1) is 6.61 Å². The molecule has 0 saturated heterocycles. The average molecular weight is 263 g/mol. The minimum atomic E-state index is 0.0939. The molecule has 1 aromatic rings. The number of fused-ring (bicyclic) bond motifs is 1. The molecule has 0 spiro atoms. The summed E-state index contributed by atoms with van der Waals surface area (Å²) in [6.45, 7) is 12.1. The van der Waals surface area contributed by atoms with E-state index in [1.807, 2.05) is 6.92 Å². The summed E-state index contributed by atoms with van der Waals surface area (Å²) in [6.07, 6.45) is 1.25. The molecule has 3 heteroatoms. The van der Waals surface area contributed by atoms with Gasteiger partial charge in [-0.1, -0.05) is 0 Å². The predicted octanol–water partition coefficient (Wildman–Crippen LogP) is 3.30. The van der Waals surface area contributed by atoms with Gasteiger partial charge in [0.1, 0.15) is 17.6 Å². The third kappa shape index (κ3) is 3.63. The van der Waals surface area contributed by atoms with Crippen molar-refractivity contribution in [2.45, 2.75) is 59.2 Å². The van der Waals surface area contributed by atoms with Gasteiger partial charge in [0.2, 0.25) is 0 Å². The zero-order valence-corrected chi connectivity index (χ0v) is 12.7. The van der Waals surface area contributed by atoms with Crippen LogP contribution in [-0.2, 0) is 13.0 Å². The Morgan fingerprint density at radius 1 is 1.37 bits per heavy atom. The molecule has 106 valence electrons. The van der Waals surface area contributed by atoms with Crippen molar-refractivity contribution in [3.8, 4) is 11.5 Å². The first-order valence-corrected chi connectivity index (χ1v) is 7.09. The Balaban J connectivity index is 2.23. The number of nitrogens with one attached hydrogen (secondary N) is 1. The summed E-state index contributed by atoms with van der Waals surface area (Å²) in [5.41, 5.74) is 2.52. The lowest BCUT2D eigenvalue weighted by Gasteiger charge is -2.22. The Kier molecular flexibility index (Phi) is 4.04. The molecular formula is C16H25NO2. The molecule has 1 unspecified atom stereocenters. The van der Waals surface area contributed by atoms with Crippen molar-refractivity contribution in [3.05, 3.63) is 23.3 Å². The van der Waals surface area contributed by atoms with Crippen LogP contribution < -0.4 is 14.8 Å². The summed E-state index contributed by atoms with van der Waals surface area (Å²) in [6, 6.07) is 4.27. The monoisotopic (exact) mass is 263 g/mol. The van der Waals surface area contributed by atoms with Crippen LogP contribution in [-0.4, -0.2) is 18.2 Å². The Bertz CT molecular complexity index is 449. The maximum Gasteiger partial charge on any atom is 0.124 e. The van der Waals surface area contributed by atoms with Gasteiger partial charge in [-0.3, -0.25) is 0 Å². The number of benzene rings is 1. The normalized spacial score (nSPS) is 18.1. The minimum Gasteiger partial charge on any atom is -0.494 e. The SMILES string of the molecule is CCOc1cc2c(cc1CNC(C)(C)C)OC(C)C2. The summed E-state index contributed by atoms with van der Waals surface area (Å²) >= 11 is 0. The Labute approximate surface area is 116 Å². The van der Waals surface area contributed by atoms with Crippen LogP contribution in [0.25, 0.3) is 0 Å². The van der Waals surface area contributed by atoms with Gasteiger partial charge < -0.3 is 14.8 Å². The van der Waals surface area contributed by atoms with Gasteiger partial charge in [-0.15, -0.1) is 0 Å². The van der Waals surface area contributed by atoms with Crippen LogP contribution in [0.3, 0.4) is 0 Å². The summed E-state index contributed by atoms with van der Waals surface area (Å²) in [4.78, 5) is 0. The maximum atomic E-state index is 5.83. The molecule has 1 N–H and O–H groups in total. The first kappa shape index (κ1) is 14.2. The fraction of sp³-hybridized carbons (Fsp3) is 0.625. The Morgan fingerprint density at radius 2 is 2.11 bits per heavy atom. The largest absolute Gasteiger partial charge is 0.494 e. The summed E-state index contributed by atoms with van der Waals surface area (Å²) in [5.74, 6) is 2.00. The molecule has 0 aromatic heterocycles. The molecule has 1 aliphatic heterocycles. The van der Waals surface area contributed by atoms with Crippen molar-refractivity contribution in [1.29, 1.82) is 0 Å². The molecule has 0 bridgehead atoms. The Hall–Kier alpha value is -1.22. The fourth-order valence-electron chi connectivity index (χ4n) is 2.27. The van der Waals surface area contributed by atoms with E-state index in [1.165, 1.54) is 11.1 Å². The van der Waals surface area contributed by atoms with E-state index < -0.39 is 0 Å². The molecule has 0 amide bonds. The van der Waals surface area contributed by atoms with Crippen molar-refractivity contribution >= 4 is 0 Å². The molecule has 2 rings (SSSR count). The number of rotatable bonds is 4. The van der Waals surface area contributed by atoms with E-state index in [2.05, 4.69) is 45.1 Å². The van der Waals surface area contributed by atoms with Crippen LogP contribution >= 0.6 is 0 Å². The van der Waals surface area contributed by atoms with Gasteiger partial charge in [-0.25, -0.2) is 0 Å². The number of hydrogen-bond donors (Lipinski definition) is 1. The minimum absolute atomic E-state index is 0.0939. The second-order valence-corrected chi connectivity index (χ2v) is 6.24. The molecule has 1 aliphatic rings. The lowest BCUT2D eigenvalue weighted by molar-refractivity contribution is 0.254. The zero-order chi connectivity index (χ0) is 14.0. The number of ether oxygens (including phenoxy) is 2. The van der Waals surface area contributed by atoms with Crippen molar-refractivity contribution in [1.82, 2.24) is 5.32 Å². The molecule has 0 saturated carbocycles. The summed E-state index contributed by atoms with van der Waals surface area (Å²) < 4.78 is 11.6. The van der Waals surface area contributed by atoms with E-state index in [9.17, 15) is 0 Å². The maximum absolute atomic E-state index is 5.83. The van der Waals surface area contributed by atoms with E-state index in [0.29, 0.717) is 6.61 Å². The van der Waals surface area contributed by atoms with Crippen molar-refractivity contribution in [3.63, 3.8) is 0 Å². The molecule has 0 radical (unpaired) electrons. The van der Waals surface area contributed by atoms with Gasteiger partial charge in [0, 0.05) is 29.6 Å². The van der Waals surface area contributed by atoms with E-state index >= 15 is 0 Å². The molecule has 19 heavy (non-hydrogen) atoms. The van der Waals surface area contributed by atoms with Crippen LogP contribution in [0.2, 0.25) is 0 Å². The Morgan fingerprint density at radius 3 is 2.74 bits per heavy atom. The molecule has 0 aliphatic carbocycles. The molecule has 1 atom stereocenters. The quantitative estimate of drug-likeness (QED) is 0.904. The first-order valence-electron chi connectivity index (χ1n) is 7.09. The topological polar surface area (TPSA) is 30.5 Å². The van der Waals surface area contributed by atoms with Crippen LogP contribution in [0.4, 0.5) is 0 Å². The number of hydrogen-bond acceptors (Lipinski definition) is 3. The van der Waals surface area contributed by atoms with E-state index in [4.69, 9.17) is 9.47 Å². The lowest BCUT2D eigenvalue weighted by Crippen LogP contribution is -2.35. The van der Waals surface area contributed by atoms with E-state index in [-0.39, 0.29) is 11.6 Å². The van der Waals surface area contributed by atoms with Gasteiger partial charge >= 0.3 is 0 Å². The molecule has 1 heterocycles. The van der Waals surface area contributed by atoms with E-state index in [0.717, 1.165) is 24.5 Å². The first-order chi connectivity index (χ1) is 8.89. The fourth-order valence-corrected chi connectivity index (χ4v) is 2.27. The molecule has 1 aromatic carbocycles. The van der Waals surface area contributed by atoms with Crippen LogP contribution in [0.1, 0.15) is 45.7 Å². The highest BCUT2D eigenvalue weighted by Gasteiger charge is 2.22. The van der Waals surface area contributed by atoms with E-state index in [1.54, 1.807) is 0 Å². The molecular weight excluding hydrogens is 238 g/mol. The molecule has 3 nitrogen and oxygen atoms in total. The van der Waals surface area contributed by atoms with Gasteiger partial charge in [-0.05, 0) is 46.8 Å². The highest BCUT2D eigenvalue weighted by atomic mass is 16.5. The van der Waals surface area contributed by atoms with Crippen molar-refractivity contribution in [2.24, 2.45) is 0 Å². The van der Waals surface area contributed by atoms with Crippen LogP contribution in [0, 0.1) is 0 Å². The van der Waals surface area contributed by atoms with Gasteiger partial charge in [0.25, 0.3) is 0 Å². The second-order valence-electron chi connectivity index (χ2n) is 6.24. The van der Waals surface area contributed by atoms with Crippen LogP contribution in [0.5, 0.6) is 11.5 Å². The van der Waals surface area contributed by atoms with Gasteiger partial charge in [-0.2, -0.15) is 0 Å². The van der Waals surface area contributed by atoms with Crippen LogP contribution in [0.15, 0.2) is 12.1 Å². The van der Waals surface area contributed by atoms with Gasteiger partial charge in [0.15, 0.2) is 0 Å². The predicted molar refractivity (Wildman–Crippen MR) is 78.0 cm³/mol. The average Bonchev–Trinajstić information content (AvgIpc) is 2.64. The zero-order valence-electron chi connectivity index (χ0n) is 12.7. The molecule has 0 fully saturated rings. The highest BCUT2D eigenvalue weighted by Crippen LogP contribution is 2.35. The highest BCUT2D eigenvalue weighted by molar-refractivity contribution is 5.48. The van der Waals surface area contributed by atoms with Crippen molar-refractivity contribution < 1.29 is 9.47 Å². The summed E-state index contributed by atoms with van der Waals surface area (Å²) in [5, 5.41) is 3.50.